The molecule has 1 aromatic heterocycles. The lowest BCUT2D eigenvalue weighted by Gasteiger charge is -2.12. The van der Waals surface area contributed by atoms with Crippen LogP contribution in [0.4, 0.5) is 27.9 Å². The van der Waals surface area contributed by atoms with Crippen molar-refractivity contribution >= 4 is 46.1 Å². The molecule has 6 nitrogen and oxygen atoms in total. The Morgan fingerprint density at radius 2 is 2.00 bits per heavy atom. The van der Waals surface area contributed by atoms with Crippen molar-refractivity contribution in [3.8, 4) is 0 Å². The van der Waals surface area contributed by atoms with Crippen LogP contribution in [0.5, 0.6) is 0 Å². The zero-order chi connectivity index (χ0) is 14.0. The first-order valence-corrected chi connectivity index (χ1v) is 6.44. The molecule has 0 aliphatic heterocycles. The molecule has 0 radical (unpaired) electrons. The lowest BCUT2D eigenvalue weighted by molar-refractivity contribution is 0.627. The molecule has 0 bridgehead atoms. The molecule has 1 aromatic carbocycles. The first-order valence-electron chi connectivity index (χ1n) is 5.36. The Morgan fingerprint density at radius 1 is 1.26 bits per heavy atom. The van der Waals surface area contributed by atoms with E-state index >= 15 is 0 Å². The van der Waals surface area contributed by atoms with Gasteiger partial charge in [0, 0.05) is 17.7 Å². The number of anilines is 4. The van der Waals surface area contributed by atoms with E-state index in [9.17, 15) is 4.39 Å². The summed E-state index contributed by atoms with van der Waals surface area (Å²) in [7, 11) is 3.61. The number of nitrogen functional groups attached to an aromatic ring is 1. The van der Waals surface area contributed by atoms with Crippen LogP contribution in [-0.4, -0.2) is 29.0 Å². The summed E-state index contributed by atoms with van der Waals surface area (Å²) < 4.78 is 13.7. The molecule has 3 N–H and O–H groups in total. The van der Waals surface area contributed by atoms with E-state index in [1.54, 1.807) is 25.1 Å². The lowest BCUT2D eigenvalue weighted by atomic mass is 10.3. The topological polar surface area (TPSA) is 80.0 Å². The Hall–Kier alpha value is -1.71. The summed E-state index contributed by atoms with van der Waals surface area (Å²) in [4.78, 5) is 13.9. The van der Waals surface area contributed by atoms with Gasteiger partial charge in [0.15, 0.2) is 0 Å². The molecule has 0 saturated heterocycles. The summed E-state index contributed by atoms with van der Waals surface area (Å²) in [5.41, 5.74) is 6.33. The maximum absolute atomic E-state index is 13.0. The fourth-order valence-electron chi connectivity index (χ4n) is 1.35. The van der Waals surface area contributed by atoms with Gasteiger partial charge in [-0.1, -0.05) is 0 Å². The van der Waals surface area contributed by atoms with Crippen molar-refractivity contribution in [2.45, 2.75) is 0 Å². The van der Waals surface area contributed by atoms with Crippen molar-refractivity contribution in [1.82, 2.24) is 15.0 Å². The van der Waals surface area contributed by atoms with Gasteiger partial charge < -0.3 is 16.0 Å². The van der Waals surface area contributed by atoms with Crippen LogP contribution < -0.4 is 16.0 Å². The normalized spacial score (nSPS) is 10.3. The number of aromatic nitrogens is 3. The van der Waals surface area contributed by atoms with Gasteiger partial charge in [-0.25, -0.2) is 4.39 Å². The molecular weight excluding hydrogens is 362 g/mol. The van der Waals surface area contributed by atoms with Gasteiger partial charge in [0.05, 0.1) is 5.69 Å². The highest BCUT2D eigenvalue weighted by molar-refractivity contribution is 14.1. The highest BCUT2D eigenvalue weighted by Crippen LogP contribution is 2.22. The third-order valence-corrected chi connectivity index (χ3v) is 3.11. The monoisotopic (exact) mass is 374 g/mol. The molecule has 0 saturated carbocycles. The van der Waals surface area contributed by atoms with E-state index in [-0.39, 0.29) is 11.8 Å². The summed E-state index contributed by atoms with van der Waals surface area (Å²) in [6.07, 6.45) is 0. The van der Waals surface area contributed by atoms with E-state index < -0.39 is 0 Å². The predicted octanol–water partition coefficient (Wildman–Crippen LogP) is 2.01. The average molecular weight is 374 g/mol. The second-order valence-corrected chi connectivity index (χ2v) is 5.12. The van der Waals surface area contributed by atoms with Crippen LogP contribution in [-0.2, 0) is 0 Å². The molecule has 0 spiro atoms. The Morgan fingerprint density at radius 3 is 2.63 bits per heavy atom. The van der Waals surface area contributed by atoms with Gasteiger partial charge in [-0.05, 0) is 40.8 Å². The van der Waals surface area contributed by atoms with Crippen molar-refractivity contribution in [2.75, 3.05) is 30.0 Å². The van der Waals surface area contributed by atoms with E-state index in [0.29, 0.717) is 17.6 Å². The van der Waals surface area contributed by atoms with Gasteiger partial charge in [0.2, 0.25) is 17.8 Å². The fourth-order valence-corrected chi connectivity index (χ4v) is 1.96. The van der Waals surface area contributed by atoms with Gasteiger partial charge >= 0.3 is 0 Å². The van der Waals surface area contributed by atoms with E-state index in [1.807, 2.05) is 22.6 Å². The third kappa shape index (κ3) is 3.40. The molecule has 8 heteroatoms. The van der Waals surface area contributed by atoms with E-state index in [2.05, 4.69) is 20.3 Å². The summed E-state index contributed by atoms with van der Waals surface area (Å²) in [6.45, 7) is 0. The molecule has 0 atom stereocenters. The average Bonchev–Trinajstić information content (AvgIpc) is 2.32. The van der Waals surface area contributed by atoms with Crippen molar-refractivity contribution in [3.05, 3.63) is 27.6 Å². The Kier molecular flexibility index (Phi) is 3.98. The summed E-state index contributed by atoms with van der Waals surface area (Å²) in [5.74, 6) is 0.602. The molecule has 2 aromatic rings. The molecule has 0 fully saturated rings. The van der Waals surface area contributed by atoms with Crippen molar-refractivity contribution < 1.29 is 4.39 Å². The predicted molar refractivity (Wildman–Crippen MR) is 81.0 cm³/mol. The molecule has 0 amide bonds. The van der Waals surface area contributed by atoms with Crippen molar-refractivity contribution in [1.29, 1.82) is 0 Å². The lowest BCUT2D eigenvalue weighted by Crippen LogP contribution is -2.15. The van der Waals surface area contributed by atoms with Crippen LogP contribution in [0.2, 0.25) is 0 Å². The van der Waals surface area contributed by atoms with Gasteiger partial charge in [-0.3, -0.25) is 0 Å². The standard InChI is InChI=1S/C11H12FIN6/c1-19(2)11-17-9(14)16-10(18-11)15-8-4-3-6(12)5-7(8)13/h3-5H,1-2H3,(H3,14,15,16,17,18). The second-order valence-electron chi connectivity index (χ2n) is 3.96. The first-order chi connectivity index (χ1) is 8.95. The second kappa shape index (κ2) is 5.51. The highest BCUT2D eigenvalue weighted by Gasteiger charge is 2.08. The fraction of sp³-hybridized carbons (Fsp3) is 0.182. The SMILES string of the molecule is CN(C)c1nc(N)nc(Nc2ccc(F)cc2I)n1. The number of halogens is 2. The minimum atomic E-state index is -0.293. The number of hydrogen-bond donors (Lipinski definition) is 2. The molecule has 0 unspecified atom stereocenters. The molecule has 100 valence electrons. The van der Waals surface area contributed by atoms with E-state index in [1.165, 1.54) is 12.1 Å². The zero-order valence-electron chi connectivity index (χ0n) is 10.4. The molecule has 0 aliphatic carbocycles. The number of hydrogen-bond acceptors (Lipinski definition) is 6. The van der Waals surface area contributed by atoms with Crippen molar-refractivity contribution in [3.63, 3.8) is 0 Å². The molecular formula is C11H12FIN6. The van der Waals surface area contributed by atoms with Gasteiger partial charge in [0.1, 0.15) is 5.82 Å². The van der Waals surface area contributed by atoms with Crippen LogP contribution >= 0.6 is 22.6 Å². The Bertz CT molecular complexity index is 604. The first kappa shape index (κ1) is 13.7. The Labute approximate surface area is 123 Å². The summed E-state index contributed by atoms with van der Waals surface area (Å²) in [6, 6.07) is 4.40. The number of nitrogens with zero attached hydrogens (tertiary/aromatic N) is 4. The summed E-state index contributed by atoms with van der Waals surface area (Å²) >= 11 is 2.03. The molecule has 0 aliphatic rings. The van der Waals surface area contributed by atoms with E-state index in [4.69, 9.17) is 5.73 Å². The largest absolute Gasteiger partial charge is 0.368 e. The van der Waals surface area contributed by atoms with Gasteiger partial charge in [-0.2, -0.15) is 15.0 Å². The quantitative estimate of drug-likeness (QED) is 0.801. The summed E-state index contributed by atoms with van der Waals surface area (Å²) in [5, 5.41) is 2.99. The van der Waals surface area contributed by atoms with Crippen LogP contribution in [0.25, 0.3) is 0 Å². The number of nitrogens with two attached hydrogens (primary N) is 1. The zero-order valence-corrected chi connectivity index (χ0v) is 12.5. The smallest absolute Gasteiger partial charge is 0.233 e. The number of benzene rings is 1. The maximum atomic E-state index is 13.0. The minimum Gasteiger partial charge on any atom is -0.368 e. The molecule has 2 rings (SSSR count). The number of nitrogens with one attached hydrogen (secondary N) is 1. The van der Waals surface area contributed by atoms with Crippen molar-refractivity contribution in [2.24, 2.45) is 0 Å². The molecule has 1 heterocycles. The van der Waals surface area contributed by atoms with Gasteiger partial charge in [0.25, 0.3) is 0 Å². The minimum absolute atomic E-state index is 0.123. The van der Waals surface area contributed by atoms with Crippen LogP contribution in [0, 0.1) is 9.39 Å². The van der Waals surface area contributed by atoms with Crippen LogP contribution in [0.1, 0.15) is 0 Å². The van der Waals surface area contributed by atoms with Crippen LogP contribution in [0.3, 0.4) is 0 Å². The number of rotatable bonds is 3. The molecule has 19 heavy (non-hydrogen) atoms. The highest BCUT2D eigenvalue weighted by atomic mass is 127. The van der Waals surface area contributed by atoms with Crippen LogP contribution in [0.15, 0.2) is 18.2 Å². The third-order valence-electron chi connectivity index (χ3n) is 2.22. The van der Waals surface area contributed by atoms with E-state index in [0.717, 1.165) is 3.57 Å². The van der Waals surface area contributed by atoms with Gasteiger partial charge in [-0.15, -0.1) is 0 Å². The maximum Gasteiger partial charge on any atom is 0.233 e. The Balaban J connectivity index is 2.32.